The number of aromatic nitrogens is 6. The summed E-state index contributed by atoms with van der Waals surface area (Å²) in [5, 5.41) is 16.5. The first kappa shape index (κ1) is 26.7. The van der Waals surface area contributed by atoms with Crippen LogP contribution in [0.1, 0.15) is 5.69 Å². The number of halogens is 1. The molecule has 4 heterocycles. The van der Waals surface area contributed by atoms with E-state index in [0.717, 1.165) is 0 Å². The third-order valence-electron chi connectivity index (χ3n) is 6.27. The lowest BCUT2D eigenvalue weighted by molar-refractivity contribution is -0.126. The molecule has 0 bridgehead atoms. The van der Waals surface area contributed by atoms with Gasteiger partial charge in [-0.15, -0.1) is 0 Å². The molecule has 1 aliphatic rings. The summed E-state index contributed by atoms with van der Waals surface area (Å²) in [4.78, 5) is 33.3. The van der Waals surface area contributed by atoms with E-state index in [1.54, 1.807) is 53.4 Å². The molecular weight excluding hydrogens is 517 g/mol. The molecule has 2 N–H and O–H groups in total. The standard InChI is InChI=1S/C27H28FN9O3/c1-3-24(39)35-8-10-36(11-9-35)25-21(16-30-26(34-25)33-20-15-31-37(17-20)12-13-38)19-4-5-23(22(28)14-19)40-27-29-7-6-18(2)32-27/h3-7,14-17,38H,1,8-13H2,2H3,(H,30,33,34). The van der Waals surface area contributed by atoms with E-state index in [9.17, 15) is 4.79 Å². The molecule has 1 fully saturated rings. The fraction of sp³-hybridized carbons (Fsp3) is 0.259. The van der Waals surface area contributed by atoms with Crippen molar-refractivity contribution in [3.05, 3.63) is 73.2 Å². The normalized spacial score (nSPS) is 13.3. The van der Waals surface area contributed by atoms with Crippen LogP contribution in [0.4, 0.5) is 21.8 Å². The average Bonchev–Trinajstić information content (AvgIpc) is 3.40. The second-order valence-corrected chi connectivity index (χ2v) is 9.02. The Morgan fingerprint density at radius 3 is 2.73 bits per heavy atom. The Morgan fingerprint density at radius 2 is 2.00 bits per heavy atom. The van der Waals surface area contributed by atoms with Crippen molar-refractivity contribution in [2.75, 3.05) is 43.0 Å². The maximum absolute atomic E-state index is 15.2. The van der Waals surface area contributed by atoms with E-state index < -0.39 is 5.82 Å². The highest BCUT2D eigenvalue weighted by molar-refractivity contribution is 5.87. The van der Waals surface area contributed by atoms with Crippen molar-refractivity contribution in [2.24, 2.45) is 0 Å². The topological polar surface area (TPSA) is 134 Å². The summed E-state index contributed by atoms with van der Waals surface area (Å²) in [5.74, 6) is 0.185. The summed E-state index contributed by atoms with van der Waals surface area (Å²) in [6.45, 7) is 7.71. The van der Waals surface area contributed by atoms with E-state index in [0.29, 0.717) is 67.0 Å². The molecule has 0 atom stereocenters. The average molecular weight is 546 g/mol. The summed E-state index contributed by atoms with van der Waals surface area (Å²) >= 11 is 0. The molecule has 1 aromatic carbocycles. The van der Waals surface area contributed by atoms with E-state index in [2.05, 4.69) is 31.9 Å². The van der Waals surface area contributed by atoms with Crippen molar-refractivity contribution in [1.82, 2.24) is 34.6 Å². The van der Waals surface area contributed by atoms with Crippen LogP contribution in [0.3, 0.4) is 0 Å². The zero-order valence-electron chi connectivity index (χ0n) is 21.9. The lowest BCUT2D eigenvalue weighted by atomic mass is 10.1. The molecule has 1 saturated heterocycles. The first-order chi connectivity index (χ1) is 19.4. The summed E-state index contributed by atoms with van der Waals surface area (Å²) in [7, 11) is 0. The van der Waals surface area contributed by atoms with Crippen LogP contribution < -0.4 is 15.0 Å². The minimum absolute atomic E-state index is 0.00783. The van der Waals surface area contributed by atoms with Crippen LogP contribution in [-0.2, 0) is 11.3 Å². The molecule has 4 aromatic rings. The van der Waals surface area contributed by atoms with Crippen molar-refractivity contribution in [1.29, 1.82) is 0 Å². The van der Waals surface area contributed by atoms with E-state index >= 15 is 4.39 Å². The monoisotopic (exact) mass is 545 g/mol. The number of aryl methyl sites for hydroxylation is 1. The van der Waals surface area contributed by atoms with Crippen molar-refractivity contribution in [2.45, 2.75) is 13.5 Å². The largest absolute Gasteiger partial charge is 0.421 e. The van der Waals surface area contributed by atoms with Gasteiger partial charge in [0, 0.05) is 56.0 Å². The first-order valence-corrected chi connectivity index (χ1v) is 12.6. The lowest BCUT2D eigenvalue weighted by Gasteiger charge is -2.35. The third kappa shape index (κ3) is 6.04. The second-order valence-electron chi connectivity index (χ2n) is 9.02. The predicted octanol–water partition coefficient (Wildman–Crippen LogP) is 2.94. The number of amides is 1. The van der Waals surface area contributed by atoms with Crippen molar-refractivity contribution in [3.8, 4) is 22.9 Å². The van der Waals surface area contributed by atoms with Crippen LogP contribution in [-0.4, -0.2) is 78.4 Å². The molecule has 206 valence electrons. The molecule has 0 radical (unpaired) electrons. The van der Waals surface area contributed by atoms with Gasteiger partial charge in [0.15, 0.2) is 11.6 Å². The number of piperazine rings is 1. The molecular formula is C27H28FN9O3. The van der Waals surface area contributed by atoms with Crippen LogP contribution in [0.25, 0.3) is 11.1 Å². The van der Waals surface area contributed by atoms with Gasteiger partial charge in [0.25, 0.3) is 0 Å². The van der Waals surface area contributed by atoms with Crippen molar-refractivity contribution < 1.29 is 19.0 Å². The highest BCUT2D eigenvalue weighted by Gasteiger charge is 2.24. The molecule has 13 heteroatoms. The Balaban J connectivity index is 1.44. The Hall–Kier alpha value is -4.91. The fourth-order valence-electron chi connectivity index (χ4n) is 4.25. The van der Waals surface area contributed by atoms with Gasteiger partial charge in [-0.25, -0.2) is 19.3 Å². The summed E-state index contributed by atoms with van der Waals surface area (Å²) in [6, 6.07) is 6.38. The Bertz CT molecular complexity index is 1520. The number of benzene rings is 1. The zero-order valence-corrected chi connectivity index (χ0v) is 21.9. The molecule has 1 aliphatic heterocycles. The molecule has 0 spiro atoms. The number of nitrogens with one attached hydrogen (secondary N) is 1. The Morgan fingerprint density at radius 1 is 1.18 bits per heavy atom. The fourth-order valence-corrected chi connectivity index (χ4v) is 4.25. The molecule has 1 amide bonds. The Labute approximate surface area is 229 Å². The van der Waals surface area contributed by atoms with Gasteiger partial charge < -0.3 is 25.0 Å². The molecule has 0 saturated carbocycles. The van der Waals surface area contributed by atoms with Gasteiger partial charge in [-0.1, -0.05) is 12.6 Å². The predicted molar refractivity (Wildman–Crippen MR) is 146 cm³/mol. The molecule has 0 aliphatic carbocycles. The SMILES string of the molecule is C=CC(=O)N1CCN(c2nc(Nc3cnn(CCO)c3)ncc2-c2ccc(Oc3nccc(C)n3)c(F)c2)CC1. The van der Waals surface area contributed by atoms with Crippen LogP contribution >= 0.6 is 0 Å². The minimum atomic E-state index is -0.589. The number of carbonyl (C=O) groups is 1. The van der Waals surface area contributed by atoms with Gasteiger partial charge in [0.2, 0.25) is 11.9 Å². The van der Waals surface area contributed by atoms with Crippen LogP contribution in [0.5, 0.6) is 11.8 Å². The summed E-state index contributed by atoms with van der Waals surface area (Å²) in [5.41, 5.74) is 2.52. The number of anilines is 3. The number of hydrogen-bond acceptors (Lipinski definition) is 10. The number of aliphatic hydroxyl groups excluding tert-OH is 1. The second kappa shape index (κ2) is 11.9. The first-order valence-electron chi connectivity index (χ1n) is 12.6. The van der Waals surface area contributed by atoms with E-state index in [1.807, 2.05) is 4.90 Å². The number of carbonyl (C=O) groups excluding carboxylic acids is 1. The number of nitrogens with zero attached hydrogens (tertiary/aromatic N) is 8. The van der Waals surface area contributed by atoms with Crippen LogP contribution in [0.2, 0.25) is 0 Å². The van der Waals surface area contributed by atoms with Crippen molar-refractivity contribution in [3.63, 3.8) is 0 Å². The van der Waals surface area contributed by atoms with Gasteiger partial charge in [-0.3, -0.25) is 9.48 Å². The number of hydrogen-bond donors (Lipinski definition) is 2. The van der Waals surface area contributed by atoms with E-state index in [4.69, 9.17) is 14.8 Å². The van der Waals surface area contributed by atoms with Gasteiger partial charge in [-0.2, -0.15) is 10.1 Å². The smallest absolute Gasteiger partial charge is 0.322 e. The number of rotatable bonds is 9. The van der Waals surface area contributed by atoms with E-state index in [1.165, 1.54) is 18.2 Å². The third-order valence-corrected chi connectivity index (χ3v) is 6.27. The highest BCUT2D eigenvalue weighted by Crippen LogP contribution is 2.34. The molecule has 3 aromatic heterocycles. The van der Waals surface area contributed by atoms with Gasteiger partial charge in [0.05, 0.1) is 25.0 Å². The Kier molecular flexibility index (Phi) is 7.92. The van der Waals surface area contributed by atoms with Gasteiger partial charge >= 0.3 is 6.01 Å². The molecule has 0 unspecified atom stereocenters. The van der Waals surface area contributed by atoms with Crippen LogP contribution in [0, 0.1) is 12.7 Å². The summed E-state index contributed by atoms with van der Waals surface area (Å²) in [6.07, 6.45) is 7.82. The molecule has 5 rings (SSSR count). The van der Waals surface area contributed by atoms with E-state index in [-0.39, 0.29) is 24.3 Å². The maximum Gasteiger partial charge on any atom is 0.322 e. The maximum atomic E-state index is 15.2. The van der Waals surface area contributed by atoms with Crippen molar-refractivity contribution >= 4 is 23.4 Å². The lowest BCUT2D eigenvalue weighted by Crippen LogP contribution is -2.48. The number of aliphatic hydroxyl groups is 1. The molecule has 40 heavy (non-hydrogen) atoms. The van der Waals surface area contributed by atoms with Gasteiger partial charge in [0.1, 0.15) is 5.82 Å². The quantitative estimate of drug-likeness (QED) is 0.302. The highest BCUT2D eigenvalue weighted by atomic mass is 19.1. The zero-order chi connectivity index (χ0) is 28.1. The minimum Gasteiger partial charge on any atom is -0.421 e. The summed E-state index contributed by atoms with van der Waals surface area (Å²) < 4.78 is 22.3. The number of ether oxygens (including phenoxy) is 1. The van der Waals surface area contributed by atoms with Gasteiger partial charge in [-0.05, 0) is 36.8 Å². The van der Waals surface area contributed by atoms with Crippen LogP contribution in [0.15, 0.2) is 61.7 Å². The molecule has 12 nitrogen and oxygen atoms in total.